The van der Waals surface area contributed by atoms with Crippen LogP contribution in [-0.4, -0.2) is 166 Å². The zero-order chi connectivity index (χ0) is 96.5. The highest BCUT2D eigenvalue weighted by Gasteiger charge is 2.38. The summed E-state index contributed by atoms with van der Waals surface area (Å²) in [7, 11) is 10.3. The number of ether oxygens (including phenoxy) is 16. The van der Waals surface area contributed by atoms with Gasteiger partial charge in [-0.2, -0.15) is 0 Å². The summed E-state index contributed by atoms with van der Waals surface area (Å²) in [5, 5.41) is -0.0343. The van der Waals surface area contributed by atoms with Gasteiger partial charge in [0, 0.05) is 96.3 Å². The molecule has 0 heterocycles. The predicted octanol–water partition coefficient (Wildman–Crippen LogP) is 18.7. The third kappa shape index (κ3) is 35.0. The summed E-state index contributed by atoms with van der Waals surface area (Å²) in [6.45, 7) is 16.2. The molecule has 0 N–H and O–H groups in total. The minimum Gasteiger partial charge on any atom is -0.496 e. The first kappa shape index (κ1) is 106. The van der Waals surface area contributed by atoms with Gasteiger partial charge in [0.25, 0.3) is 0 Å². The van der Waals surface area contributed by atoms with E-state index in [0.29, 0.717) is 155 Å². The molecule has 0 bridgehead atoms. The van der Waals surface area contributed by atoms with Gasteiger partial charge >= 0.3 is 53.7 Å². The third-order valence-corrected chi connectivity index (χ3v) is 28.0. The van der Waals surface area contributed by atoms with Crippen LogP contribution in [0.15, 0.2) is 146 Å². The Labute approximate surface area is 784 Å². The Morgan fingerprint density at radius 2 is 0.541 bits per heavy atom. The first-order valence-electron chi connectivity index (χ1n) is 45.5. The Morgan fingerprint density at radius 3 is 0.827 bits per heavy atom. The van der Waals surface area contributed by atoms with Crippen molar-refractivity contribution in [3.8, 4) is 46.0 Å². The Kier molecular flexibility index (Phi) is 43.1. The van der Waals surface area contributed by atoms with Gasteiger partial charge in [0.05, 0.1) is 116 Å². The van der Waals surface area contributed by atoms with Crippen LogP contribution in [0.25, 0.3) is 0 Å². The van der Waals surface area contributed by atoms with Crippen LogP contribution in [0.2, 0.25) is 18.1 Å². The quantitative estimate of drug-likeness (QED) is 0.0112. The first-order valence-corrected chi connectivity index (χ1v) is 48.4. The van der Waals surface area contributed by atoms with E-state index in [2.05, 4.69) is 52.1 Å². The van der Waals surface area contributed by atoms with Crippen LogP contribution in [0.1, 0.15) is 226 Å². The molecule has 27 heteroatoms. The van der Waals surface area contributed by atoms with Gasteiger partial charge < -0.3 is 80.2 Å². The number of benzene rings is 8. The van der Waals surface area contributed by atoms with Crippen molar-refractivity contribution >= 4 is 62.0 Å². The van der Waals surface area contributed by atoms with Crippen LogP contribution in [0.5, 0.6) is 46.0 Å². The fourth-order valence-corrected chi connectivity index (χ4v) is 15.5. The van der Waals surface area contributed by atoms with E-state index < -0.39 is 19.7 Å². The fraction of sp³-hybridized carbons (Fsp3) is 0.462. The number of carbonyl (C=O) groups excluding carboxylic acids is 9. The molecule has 0 saturated heterocycles. The van der Waals surface area contributed by atoms with E-state index in [0.717, 1.165) is 89.0 Å². The number of rotatable bonds is 57. The molecule has 133 heavy (non-hydrogen) atoms. The molecule has 0 fully saturated rings. The molecule has 0 atom stereocenters. The van der Waals surface area contributed by atoms with E-state index in [1.165, 1.54) is 56.9 Å². The van der Waals surface area contributed by atoms with Crippen molar-refractivity contribution in [3.63, 3.8) is 0 Å². The van der Waals surface area contributed by atoms with E-state index in [4.69, 9.17) is 80.2 Å². The minimum atomic E-state index is -2.19. The van der Waals surface area contributed by atoms with Crippen LogP contribution in [0, 0.1) is 5.41 Å². The smallest absolute Gasteiger partial charge is 0.316 e. The van der Waals surface area contributed by atoms with Crippen LogP contribution in [-0.2, 0) is 143 Å². The summed E-state index contributed by atoms with van der Waals surface area (Å²) in [4.78, 5) is 112. The highest BCUT2D eigenvalue weighted by atomic mass is 28.4. The van der Waals surface area contributed by atoms with Crippen LogP contribution < -0.4 is 37.9 Å². The maximum atomic E-state index is 13.7. The van der Waals surface area contributed by atoms with Crippen molar-refractivity contribution in [1.29, 1.82) is 0 Å². The summed E-state index contributed by atoms with van der Waals surface area (Å²) >= 11 is 0. The lowest BCUT2D eigenvalue weighted by Gasteiger charge is -2.36. The van der Waals surface area contributed by atoms with E-state index in [1.54, 1.807) is 27.0 Å². The molecule has 0 radical (unpaired) electrons. The second-order valence-electron chi connectivity index (χ2n) is 34.9. The number of hydrogen-bond acceptors (Lipinski definition) is 26. The molecule has 0 unspecified atom stereocenters. The summed E-state index contributed by atoms with van der Waals surface area (Å²) in [5.41, 5.74) is 13.1. The molecular formula is C106H134O26Si. The van der Waals surface area contributed by atoms with E-state index in [-0.39, 0.29) is 144 Å². The zero-order valence-electron chi connectivity index (χ0n) is 80.4. The first-order chi connectivity index (χ1) is 63.8. The lowest BCUT2D eigenvalue weighted by Crippen LogP contribution is -2.40. The number of hydrogen-bond donors (Lipinski definition) is 0. The molecule has 8 aromatic rings. The van der Waals surface area contributed by atoms with Gasteiger partial charge in [-0.3, -0.25) is 43.2 Å². The highest BCUT2D eigenvalue weighted by Crippen LogP contribution is 2.41. The zero-order valence-corrected chi connectivity index (χ0v) is 81.4. The average molecular weight is 1850 g/mol. The summed E-state index contributed by atoms with van der Waals surface area (Å²) in [6.07, 6.45) is 7.67. The molecule has 8 rings (SSSR count). The number of carbonyl (C=O) groups is 9. The van der Waals surface area contributed by atoms with E-state index in [1.807, 2.05) is 121 Å². The van der Waals surface area contributed by atoms with Crippen molar-refractivity contribution in [2.75, 3.05) is 104 Å². The molecule has 718 valence electrons. The van der Waals surface area contributed by atoms with Crippen molar-refractivity contribution < 1.29 is 123 Å². The second kappa shape index (κ2) is 54.1. The Bertz CT molecular complexity index is 5190. The molecule has 0 saturated carbocycles. The Morgan fingerprint density at radius 1 is 0.271 bits per heavy atom. The number of aryl methyl sites for hydroxylation is 1. The van der Waals surface area contributed by atoms with Crippen LogP contribution in [0.4, 0.5) is 0 Å². The van der Waals surface area contributed by atoms with E-state index >= 15 is 0 Å². The molecule has 0 aliphatic rings. The number of para-hydroxylation sites is 1. The molecule has 0 spiro atoms. The molecule has 0 aromatic heterocycles. The predicted molar refractivity (Wildman–Crippen MR) is 506 cm³/mol. The van der Waals surface area contributed by atoms with Crippen molar-refractivity contribution in [2.45, 2.75) is 213 Å². The summed E-state index contributed by atoms with van der Waals surface area (Å²) in [5.74, 6) is 1.39. The molecule has 26 nitrogen and oxygen atoms in total. The summed E-state index contributed by atoms with van der Waals surface area (Å²) in [6, 6.07) is 47.8. The van der Waals surface area contributed by atoms with Gasteiger partial charge in [-0.05, 0) is 227 Å². The third-order valence-electron chi connectivity index (χ3n) is 23.6. The Balaban J connectivity index is 1.11. The molecular weight excluding hydrogens is 1720 g/mol. The number of esters is 9. The van der Waals surface area contributed by atoms with Gasteiger partial charge in [-0.1, -0.05) is 118 Å². The molecule has 0 aliphatic carbocycles. The van der Waals surface area contributed by atoms with Crippen molar-refractivity contribution in [1.82, 2.24) is 0 Å². The maximum absolute atomic E-state index is 13.7. The van der Waals surface area contributed by atoms with Gasteiger partial charge in [0.2, 0.25) is 0 Å². The largest absolute Gasteiger partial charge is 0.496 e. The summed E-state index contributed by atoms with van der Waals surface area (Å²) < 4.78 is 98.3. The highest BCUT2D eigenvalue weighted by molar-refractivity contribution is 6.74. The lowest BCUT2D eigenvalue weighted by atomic mass is 9.87. The monoisotopic (exact) mass is 1850 g/mol. The standard InChI is InChI=1S/C106H134O26Si/c1-105(2,3)133(15,16)131-71-87-70-89(116-6)86(68-78(87)47-48-103(114)124-14)69-85-46-40-77(67-95(85)130-55-25-34-102(113)123-13)61-84-45-39-76(66-94(84)129-54-24-33-101(112)122-12)60-83-44-38-75(65-93(83)128-53-23-32-100(111)121-11)59-82-43-37-74(64-92(82)127-52-22-31-99(110)120-10)58-81-42-36-73(63-91(81)126-51-21-30-98(109)119-9)57-80-41-35-72(62-90(80)125-50-20-29-97(108)118-8)56-79-26-17-18-27-88(79)132-104(115)106(4,5)49-19-28-96(107)117-7/h17-18,26-27,35-46,62-68,70H,19-25,28-34,47-61,69,71H2,1-16H3. The number of methoxy groups -OCH3 is 9. The average Bonchev–Trinajstić information content (AvgIpc) is 0.803. The lowest BCUT2D eigenvalue weighted by molar-refractivity contribution is -0.146. The van der Waals surface area contributed by atoms with Crippen LogP contribution >= 0.6 is 0 Å². The Hall–Kier alpha value is -12.2. The fourth-order valence-electron chi connectivity index (χ4n) is 14.6. The minimum absolute atomic E-state index is 0.0343. The van der Waals surface area contributed by atoms with Crippen LogP contribution in [0.3, 0.4) is 0 Å². The second-order valence-corrected chi connectivity index (χ2v) is 39.7. The topological polar surface area (TPSA) is 311 Å². The SMILES string of the molecule is COC(=O)CCCOc1cc(Cc2ccc(Cc3ccc(Cc4ccccc4OC(=O)C(C)(C)CCCC(=O)OC)cc3OCCCC(=O)OC)cc2OCCCC(=O)OC)ccc1Cc1ccc(Cc2ccc(Cc3ccc(Cc4cc(CCC(=O)OC)c(CO[Si](C)(C)C(C)(C)C)cc4OC)c(OCCCC(=O)OC)c3)c(OCCCC(=O)OC)c2)c(OCCCC(=O)OC)c1. The van der Waals surface area contributed by atoms with Crippen molar-refractivity contribution in [2.24, 2.45) is 5.41 Å². The van der Waals surface area contributed by atoms with Gasteiger partial charge in [0.1, 0.15) is 46.0 Å². The van der Waals surface area contributed by atoms with Gasteiger partial charge in [0.15, 0.2) is 8.32 Å². The molecule has 0 amide bonds. The van der Waals surface area contributed by atoms with Gasteiger partial charge in [-0.15, -0.1) is 0 Å². The van der Waals surface area contributed by atoms with Gasteiger partial charge in [-0.25, -0.2) is 0 Å². The maximum Gasteiger partial charge on any atom is 0.316 e. The van der Waals surface area contributed by atoms with E-state index in [9.17, 15) is 43.2 Å². The normalized spacial score (nSPS) is 11.3. The van der Waals surface area contributed by atoms with Crippen molar-refractivity contribution in [3.05, 3.63) is 235 Å². The molecule has 8 aromatic carbocycles. The molecule has 0 aliphatic heterocycles.